The number of morpholine rings is 1. The molecule has 0 aromatic heterocycles. The molecule has 1 aliphatic rings. The largest absolute Gasteiger partial charge is 0.446 e. The van der Waals surface area contributed by atoms with Crippen molar-refractivity contribution in [2.75, 3.05) is 31.6 Å². The summed E-state index contributed by atoms with van der Waals surface area (Å²) in [4.78, 5) is 13.5. The first-order valence-electron chi connectivity index (χ1n) is 5.93. The Bertz CT molecular complexity index is 459. The minimum Gasteiger partial charge on any atom is -0.378 e. The van der Waals surface area contributed by atoms with Crippen LogP contribution in [0.4, 0.5) is 23.7 Å². The van der Waals surface area contributed by atoms with Gasteiger partial charge in [0.05, 0.1) is 13.2 Å². The Morgan fingerprint density at radius 1 is 1.20 bits per heavy atom. The van der Waals surface area contributed by atoms with Crippen LogP contribution in [0.5, 0.6) is 0 Å². The maximum Gasteiger partial charge on any atom is 0.446 e. The van der Waals surface area contributed by atoms with Crippen molar-refractivity contribution in [1.29, 1.82) is 0 Å². The van der Waals surface area contributed by atoms with Gasteiger partial charge >= 0.3 is 11.5 Å². The first-order valence-corrected chi connectivity index (χ1v) is 6.75. The second-order valence-electron chi connectivity index (χ2n) is 4.10. The van der Waals surface area contributed by atoms with Gasteiger partial charge in [-0.25, -0.2) is 4.79 Å². The number of halogens is 3. The topological polar surface area (TPSA) is 41.6 Å². The molecular formula is C12H13F3N2O2S. The monoisotopic (exact) mass is 306 g/mol. The number of rotatable bonds is 2. The highest BCUT2D eigenvalue weighted by atomic mass is 32.2. The van der Waals surface area contributed by atoms with E-state index in [1.807, 2.05) is 0 Å². The maximum absolute atomic E-state index is 12.2. The fourth-order valence-electron chi connectivity index (χ4n) is 1.71. The van der Waals surface area contributed by atoms with Crippen molar-refractivity contribution in [2.24, 2.45) is 0 Å². The molecule has 0 saturated carbocycles. The van der Waals surface area contributed by atoms with E-state index in [1.54, 1.807) is 4.90 Å². The summed E-state index contributed by atoms with van der Waals surface area (Å²) in [6, 6.07) is 5.28. The maximum atomic E-state index is 12.2. The fourth-order valence-corrected chi connectivity index (χ4v) is 2.25. The van der Waals surface area contributed by atoms with E-state index in [0.717, 1.165) is 0 Å². The van der Waals surface area contributed by atoms with Crippen molar-refractivity contribution >= 4 is 23.5 Å². The first kappa shape index (κ1) is 15.0. The van der Waals surface area contributed by atoms with Crippen LogP contribution in [-0.4, -0.2) is 42.7 Å². The quantitative estimate of drug-likeness (QED) is 0.853. The number of urea groups is 1. The van der Waals surface area contributed by atoms with Crippen LogP contribution < -0.4 is 5.32 Å². The number of nitrogens with zero attached hydrogens (tertiary/aromatic N) is 1. The summed E-state index contributed by atoms with van der Waals surface area (Å²) in [5.74, 6) is 0. The van der Waals surface area contributed by atoms with E-state index in [2.05, 4.69) is 5.32 Å². The van der Waals surface area contributed by atoms with Gasteiger partial charge in [0.15, 0.2) is 0 Å². The average molecular weight is 306 g/mol. The number of carbonyl (C=O) groups is 1. The third kappa shape index (κ3) is 4.61. The lowest BCUT2D eigenvalue weighted by Gasteiger charge is -2.26. The van der Waals surface area contributed by atoms with Crippen molar-refractivity contribution in [3.8, 4) is 0 Å². The van der Waals surface area contributed by atoms with Crippen molar-refractivity contribution in [2.45, 2.75) is 10.4 Å². The van der Waals surface area contributed by atoms with E-state index in [4.69, 9.17) is 4.74 Å². The Labute approximate surface area is 118 Å². The van der Waals surface area contributed by atoms with Crippen LogP contribution in [-0.2, 0) is 4.74 Å². The third-order valence-electron chi connectivity index (χ3n) is 2.64. The van der Waals surface area contributed by atoms with Crippen LogP contribution in [0.3, 0.4) is 0 Å². The molecular weight excluding hydrogens is 293 g/mol. The molecule has 0 aliphatic carbocycles. The predicted molar refractivity (Wildman–Crippen MR) is 69.8 cm³/mol. The number of anilines is 1. The highest BCUT2D eigenvalue weighted by Crippen LogP contribution is 2.37. The summed E-state index contributed by atoms with van der Waals surface area (Å²) in [6.07, 6.45) is 0. The second kappa shape index (κ2) is 6.36. The van der Waals surface area contributed by atoms with E-state index in [0.29, 0.717) is 32.0 Å². The van der Waals surface area contributed by atoms with E-state index < -0.39 is 5.51 Å². The van der Waals surface area contributed by atoms with Crippen LogP contribution >= 0.6 is 11.8 Å². The number of hydrogen-bond donors (Lipinski definition) is 1. The predicted octanol–water partition coefficient (Wildman–Crippen LogP) is 3.16. The van der Waals surface area contributed by atoms with Gasteiger partial charge in [0, 0.05) is 23.7 Å². The lowest BCUT2D eigenvalue weighted by atomic mass is 10.3. The Hall–Kier alpha value is -1.41. The molecule has 1 N–H and O–H groups in total. The summed E-state index contributed by atoms with van der Waals surface area (Å²) in [5.41, 5.74) is -3.84. The van der Waals surface area contributed by atoms with Crippen LogP contribution in [0.2, 0.25) is 0 Å². The molecule has 4 nitrogen and oxygen atoms in total. The zero-order valence-corrected chi connectivity index (χ0v) is 11.3. The lowest BCUT2D eigenvalue weighted by molar-refractivity contribution is -0.0328. The SMILES string of the molecule is O=C(Nc1ccc(SC(F)(F)F)cc1)N1CCOCC1. The number of ether oxygens (including phenoxy) is 1. The molecule has 1 heterocycles. The van der Waals surface area contributed by atoms with Crippen LogP contribution in [0.25, 0.3) is 0 Å². The molecule has 110 valence electrons. The Morgan fingerprint density at radius 2 is 1.80 bits per heavy atom. The number of nitrogens with one attached hydrogen (secondary N) is 1. The minimum absolute atomic E-state index is 0.0851. The highest BCUT2D eigenvalue weighted by molar-refractivity contribution is 8.00. The molecule has 0 radical (unpaired) electrons. The molecule has 1 aromatic carbocycles. The molecule has 1 aliphatic heterocycles. The summed E-state index contributed by atoms with van der Waals surface area (Å²) in [6.45, 7) is 2.00. The van der Waals surface area contributed by atoms with E-state index in [-0.39, 0.29) is 22.7 Å². The number of carbonyl (C=O) groups excluding carboxylic acids is 1. The molecule has 1 fully saturated rings. The van der Waals surface area contributed by atoms with Crippen molar-refractivity contribution in [3.05, 3.63) is 24.3 Å². The van der Waals surface area contributed by atoms with Gasteiger partial charge in [0.25, 0.3) is 0 Å². The highest BCUT2D eigenvalue weighted by Gasteiger charge is 2.29. The molecule has 0 spiro atoms. The summed E-state index contributed by atoms with van der Waals surface area (Å²) < 4.78 is 41.6. The van der Waals surface area contributed by atoms with Gasteiger partial charge in [-0.15, -0.1) is 0 Å². The van der Waals surface area contributed by atoms with E-state index in [9.17, 15) is 18.0 Å². The number of amides is 2. The molecule has 1 saturated heterocycles. The Kier molecular flexibility index (Phi) is 4.77. The van der Waals surface area contributed by atoms with E-state index in [1.165, 1.54) is 24.3 Å². The molecule has 2 amide bonds. The second-order valence-corrected chi connectivity index (χ2v) is 5.24. The van der Waals surface area contributed by atoms with Gasteiger partial charge < -0.3 is 15.0 Å². The van der Waals surface area contributed by atoms with Crippen molar-refractivity contribution in [3.63, 3.8) is 0 Å². The smallest absolute Gasteiger partial charge is 0.378 e. The van der Waals surface area contributed by atoms with Gasteiger partial charge in [-0.1, -0.05) is 0 Å². The number of benzene rings is 1. The molecule has 0 atom stereocenters. The number of hydrogen-bond acceptors (Lipinski definition) is 3. The lowest BCUT2D eigenvalue weighted by Crippen LogP contribution is -2.43. The Morgan fingerprint density at radius 3 is 2.35 bits per heavy atom. The van der Waals surface area contributed by atoms with Gasteiger partial charge in [-0.05, 0) is 36.0 Å². The molecule has 8 heteroatoms. The summed E-state index contributed by atoms with van der Waals surface area (Å²) in [7, 11) is 0. The van der Waals surface area contributed by atoms with Crippen molar-refractivity contribution < 1.29 is 22.7 Å². The van der Waals surface area contributed by atoms with Gasteiger partial charge in [0.1, 0.15) is 0 Å². The van der Waals surface area contributed by atoms with Gasteiger partial charge in [0.2, 0.25) is 0 Å². The summed E-state index contributed by atoms with van der Waals surface area (Å²) in [5, 5.41) is 2.64. The average Bonchev–Trinajstić information content (AvgIpc) is 2.40. The van der Waals surface area contributed by atoms with Crippen LogP contribution in [0.1, 0.15) is 0 Å². The molecule has 20 heavy (non-hydrogen) atoms. The molecule has 2 rings (SSSR count). The van der Waals surface area contributed by atoms with Crippen LogP contribution in [0, 0.1) is 0 Å². The fraction of sp³-hybridized carbons (Fsp3) is 0.417. The molecule has 0 unspecified atom stereocenters. The normalized spacial score (nSPS) is 16.1. The van der Waals surface area contributed by atoms with Gasteiger partial charge in [-0.2, -0.15) is 13.2 Å². The van der Waals surface area contributed by atoms with Crippen molar-refractivity contribution in [1.82, 2.24) is 4.90 Å². The standard InChI is InChI=1S/C12H13F3N2O2S/c13-12(14,15)20-10-3-1-9(2-4-10)16-11(18)17-5-7-19-8-6-17/h1-4H,5-8H2,(H,16,18). The number of alkyl halides is 3. The summed E-state index contributed by atoms with van der Waals surface area (Å²) >= 11 is -0.183. The Balaban J connectivity index is 1.91. The number of thioether (sulfide) groups is 1. The third-order valence-corrected chi connectivity index (χ3v) is 3.38. The zero-order chi connectivity index (χ0) is 14.6. The van der Waals surface area contributed by atoms with E-state index >= 15 is 0 Å². The first-order chi connectivity index (χ1) is 9.44. The van der Waals surface area contributed by atoms with Gasteiger partial charge in [-0.3, -0.25) is 0 Å². The zero-order valence-electron chi connectivity index (χ0n) is 10.4. The minimum atomic E-state index is -4.31. The molecule has 0 bridgehead atoms. The molecule has 1 aromatic rings. The van der Waals surface area contributed by atoms with Crippen LogP contribution in [0.15, 0.2) is 29.2 Å².